The summed E-state index contributed by atoms with van der Waals surface area (Å²) in [6, 6.07) is 9.99. The lowest BCUT2D eigenvalue weighted by atomic mass is 10.2. The molecule has 0 heterocycles. The first-order valence-corrected chi connectivity index (χ1v) is 6.02. The zero-order valence-electron chi connectivity index (χ0n) is 9.32. The summed E-state index contributed by atoms with van der Waals surface area (Å²) in [6.07, 6.45) is 0. The van der Waals surface area contributed by atoms with Gasteiger partial charge in [0.05, 0.1) is 10.0 Å². The lowest BCUT2D eigenvalue weighted by molar-refractivity contribution is 0.400. The summed E-state index contributed by atoms with van der Waals surface area (Å²) in [4.78, 5) is 0. The third kappa shape index (κ3) is 2.81. The molecule has 5 heteroatoms. The predicted octanol–water partition coefficient (Wildman–Crippen LogP) is 4.02. The number of rotatable bonds is 3. The van der Waals surface area contributed by atoms with Gasteiger partial charge in [-0.1, -0.05) is 35.3 Å². The molecule has 0 bridgehead atoms. The third-order valence-corrected chi connectivity index (χ3v) is 3.24. The Hall–Kier alpha value is -1.58. The molecule has 0 aliphatic rings. The quantitative estimate of drug-likeness (QED) is 0.746. The second-order valence-electron chi connectivity index (χ2n) is 3.77. The maximum absolute atomic E-state index is 9.64. The van der Waals surface area contributed by atoms with Crippen LogP contribution in [0, 0.1) is 0 Å². The molecule has 0 fully saturated rings. The monoisotopic (exact) mass is 283 g/mol. The van der Waals surface area contributed by atoms with Crippen molar-refractivity contribution < 1.29 is 10.2 Å². The highest BCUT2D eigenvalue weighted by Crippen LogP contribution is 2.29. The lowest BCUT2D eigenvalue weighted by Gasteiger charge is -2.09. The van der Waals surface area contributed by atoms with E-state index in [1.807, 2.05) is 0 Å². The van der Waals surface area contributed by atoms with Crippen molar-refractivity contribution in [2.45, 2.75) is 6.54 Å². The van der Waals surface area contributed by atoms with Crippen LogP contribution in [-0.2, 0) is 6.54 Å². The molecule has 0 radical (unpaired) electrons. The van der Waals surface area contributed by atoms with Crippen molar-refractivity contribution >= 4 is 28.9 Å². The van der Waals surface area contributed by atoms with Crippen molar-refractivity contribution in [3.05, 3.63) is 52.0 Å². The molecule has 0 saturated carbocycles. The van der Waals surface area contributed by atoms with E-state index in [-0.39, 0.29) is 11.5 Å². The Morgan fingerprint density at radius 3 is 2.50 bits per heavy atom. The summed E-state index contributed by atoms with van der Waals surface area (Å²) in [5.74, 6) is -0.256. The molecular formula is C13H11Cl2NO2. The molecule has 0 amide bonds. The third-order valence-electron chi connectivity index (χ3n) is 2.50. The van der Waals surface area contributed by atoms with Crippen molar-refractivity contribution in [1.82, 2.24) is 0 Å². The van der Waals surface area contributed by atoms with Gasteiger partial charge in [0, 0.05) is 17.8 Å². The Morgan fingerprint density at radius 2 is 1.78 bits per heavy atom. The van der Waals surface area contributed by atoms with Gasteiger partial charge in [0.25, 0.3) is 0 Å². The number of aromatic hydroxyl groups is 2. The molecule has 94 valence electrons. The van der Waals surface area contributed by atoms with Gasteiger partial charge < -0.3 is 15.5 Å². The molecule has 3 N–H and O–H groups in total. The highest BCUT2D eigenvalue weighted by Gasteiger charge is 2.05. The van der Waals surface area contributed by atoms with Crippen LogP contribution in [0.3, 0.4) is 0 Å². The summed E-state index contributed by atoms with van der Waals surface area (Å²) in [5, 5.41) is 23.0. The van der Waals surface area contributed by atoms with Crippen LogP contribution in [0.25, 0.3) is 0 Å². The van der Waals surface area contributed by atoms with Gasteiger partial charge in [-0.15, -0.1) is 0 Å². The molecule has 2 rings (SSSR count). The lowest BCUT2D eigenvalue weighted by Crippen LogP contribution is -1.99. The Morgan fingerprint density at radius 1 is 1.00 bits per heavy atom. The van der Waals surface area contributed by atoms with Crippen molar-refractivity contribution in [1.29, 1.82) is 0 Å². The highest BCUT2D eigenvalue weighted by atomic mass is 35.5. The molecule has 18 heavy (non-hydrogen) atoms. The van der Waals surface area contributed by atoms with E-state index >= 15 is 0 Å². The summed E-state index contributed by atoms with van der Waals surface area (Å²) >= 11 is 11.7. The fourth-order valence-corrected chi connectivity index (χ4v) is 1.82. The summed E-state index contributed by atoms with van der Waals surface area (Å²) < 4.78 is 0. The maximum Gasteiger partial charge on any atom is 0.162 e. The summed E-state index contributed by atoms with van der Waals surface area (Å²) in [6.45, 7) is 0.373. The summed E-state index contributed by atoms with van der Waals surface area (Å²) in [7, 11) is 0. The van der Waals surface area contributed by atoms with Crippen molar-refractivity contribution in [3.8, 4) is 11.5 Å². The zero-order valence-corrected chi connectivity index (χ0v) is 10.8. The minimum absolute atomic E-state index is 0.120. The Kier molecular flexibility index (Phi) is 3.84. The van der Waals surface area contributed by atoms with Gasteiger partial charge in [-0.3, -0.25) is 0 Å². The highest BCUT2D eigenvalue weighted by molar-refractivity contribution is 6.42. The first-order valence-electron chi connectivity index (χ1n) is 5.26. The number of para-hydroxylation sites is 1. The van der Waals surface area contributed by atoms with E-state index in [2.05, 4.69) is 5.32 Å². The second-order valence-corrected chi connectivity index (χ2v) is 4.58. The maximum atomic E-state index is 9.64. The van der Waals surface area contributed by atoms with Crippen LogP contribution in [0.2, 0.25) is 10.0 Å². The van der Waals surface area contributed by atoms with Gasteiger partial charge in [-0.05, 0) is 24.3 Å². The Labute approximate surface area is 115 Å². The van der Waals surface area contributed by atoms with Crippen molar-refractivity contribution in [3.63, 3.8) is 0 Å². The topological polar surface area (TPSA) is 52.5 Å². The predicted molar refractivity (Wildman–Crippen MR) is 73.6 cm³/mol. The molecule has 2 aromatic carbocycles. The van der Waals surface area contributed by atoms with E-state index in [9.17, 15) is 10.2 Å². The Balaban J connectivity index is 2.11. The van der Waals surface area contributed by atoms with Gasteiger partial charge in [0.2, 0.25) is 0 Å². The number of phenols is 2. The van der Waals surface area contributed by atoms with E-state index in [1.165, 1.54) is 6.07 Å². The number of hydrogen-bond acceptors (Lipinski definition) is 3. The van der Waals surface area contributed by atoms with Gasteiger partial charge >= 0.3 is 0 Å². The molecule has 0 atom stereocenters. The normalized spacial score (nSPS) is 10.3. The average Bonchev–Trinajstić information content (AvgIpc) is 2.35. The fourth-order valence-electron chi connectivity index (χ4n) is 1.52. The van der Waals surface area contributed by atoms with Crippen LogP contribution in [0.1, 0.15) is 5.56 Å². The number of halogens is 2. The molecule has 0 aliphatic heterocycles. The Bertz CT molecular complexity index is 573. The molecule has 0 spiro atoms. The standard InChI is InChI=1S/C13H11Cl2NO2/c14-10-5-4-9(6-11(10)15)16-7-8-2-1-3-12(17)13(8)18/h1-6,16-18H,7H2. The van der Waals surface area contributed by atoms with Gasteiger partial charge in [-0.2, -0.15) is 0 Å². The molecule has 0 unspecified atom stereocenters. The van der Waals surface area contributed by atoms with E-state index in [1.54, 1.807) is 30.3 Å². The average molecular weight is 284 g/mol. The van der Waals surface area contributed by atoms with E-state index in [4.69, 9.17) is 23.2 Å². The zero-order chi connectivity index (χ0) is 13.1. The first kappa shape index (κ1) is 12.9. The molecular weight excluding hydrogens is 273 g/mol. The number of nitrogens with one attached hydrogen (secondary N) is 1. The van der Waals surface area contributed by atoms with Crippen molar-refractivity contribution in [2.24, 2.45) is 0 Å². The number of phenolic OH excluding ortho intramolecular Hbond substituents is 2. The van der Waals surface area contributed by atoms with Crippen LogP contribution in [0.4, 0.5) is 5.69 Å². The largest absolute Gasteiger partial charge is 0.504 e. The first-order chi connectivity index (χ1) is 8.58. The summed E-state index contributed by atoms with van der Waals surface area (Å²) in [5.41, 5.74) is 1.38. The minimum atomic E-state index is -0.136. The van der Waals surface area contributed by atoms with E-state index in [0.29, 0.717) is 22.2 Å². The number of benzene rings is 2. The molecule has 0 aliphatic carbocycles. The number of anilines is 1. The van der Waals surface area contributed by atoms with E-state index < -0.39 is 0 Å². The van der Waals surface area contributed by atoms with Crippen LogP contribution < -0.4 is 5.32 Å². The molecule has 3 nitrogen and oxygen atoms in total. The SMILES string of the molecule is Oc1cccc(CNc2ccc(Cl)c(Cl)c2)c1O. The van der Waals surface area contributed by atoms with Crippen LogP contribution in [0.5, 0.6) is 11.5 Å². The van der Waals surface area contributed by atoms with Crippen LogP contribution >= 0.6 is 23.2 Å². The van der Waals surface area contributed by atoms with E-state index in [0.717, 1.165) is 5.69 Å². The number of hydrogen-bond donors (Lipinski definition) is 3. The second kappa shape index (κ2) is 5.38. The van der Waals surface area contributed by atoms with Crippen LogP contribution in [0.15, 0.2) is 36.4 Å². The molecule has 0 saturated heterocycles. The smallest absolute Gasteiger partial charge is 0.162 e. The van der Waals surface area contributed by atoms with Gasteiger partial charge in [0.15, 0.2) is 11.5 Å². The minimum Gasteiger partial charge on any atom is -0.504 e. The molecule has 2 aromatic rings. The van der Waals surface area contributed by atoms with Gasteiger partial charge in [-0.25, -0.2) is 0 Å². The molecule has 0 aromatic heterocycles. The van der Waals surface area contributed by atoms with Gasteiger partial charge in [0.1, 0.15) is 0 Å². The van der Waals surface area contributed by atoms with Crippen LogP contribution in [-0.4, -0.2) is 10.2 Å². The fraction of sp³-hybridized carbons (Fsp3) is 0.0769. The van der Waals surface area contributed by atoms with Crippen molar-refractivity contribution in [2.75, 3.05) is 5.32 Å².